The number of hydrogen-bond donors (Lipinski definition) is 2. The van der Waals surface area contributed by atoms with Crippen molar-refractivity contribution in [2.24, 2.45) is 39.7 Å². The predicted molar refractivity (Wildman–Crippen MR) is 135 cm³/mol. The van der Waals surface area contributed by atoms with Crippen molar-refractivity contribution in [1.29, 1.82) is 0 Å². The number of nitrogens with one attached hydrogen (secondary N) is 2. The van der Waals surface area contributed by atoms with Crippen LogP contribution in [0.2, 0.25) is 0 Å². The maximum absolute atomic E-state index is 12.4. The summed E-state index contributed by atoms with van der Waals surface area (Å²) in [7, 11) is 0. The molecule has 7 heteroatoms. The van der Waals surface area contributed by atoms with Gasteiger partial charge in [0.1, 0.15) is 5.78 Å². The molecule has 6 atom stereocenters. The number of carbonyl (C=O) groups excluding carboxylic acids is 2. The molecule has 190 valence electrons. The molecule has 0 radical (unpaired) electrons. The normalized spacial score (nSPS) is 37.1. The van der Waals surface area contributed by atoms with Gasteiger partial charge in [0.25, 0.3) is 5.91 Å². The van der Waals surface area contributed by atoms with E-state index >= 15 is 0 Å². The lowest BCUT2D eigenvalue weighted by molar-refractivity contribution is -0.128. The summed E-state index contributed by atoms with van der Waals surface area (Å²) in [5.74, 6) is 2.64. The van der Waals surface area contributed by atoms with Crippen molar-refractivity contribution in [2.45, 2.75) is 78.6 Å². The second kappa shape index (κ2) is 9.55. The lowest BCUT2D eigenvalue weighted by Crippen LogP contribution is -2.51. The van der Waals surface area contributed by atoms with Gasteiger partial charge in [-0.15, -0.1) is 0 Å². The smallest absolute Gasteiger partial charge is 0.260 e. The Morgan fingerprint density at radius 2 is 2.03 bits per heavy atom. The number of allylic oxidation sites excluding steroid dienone is 2. The molecule has 1 amide bonds. The van der Waals surface area contributed by atoms with E-state index in [9.17, 15) is 9.59 Å². The Morgan fingerprint density at radius 3 is 2.80 bits per heavy atom. The average molecular weight is 481 g/mol. The Kier molecular flexibility index (Phi) is 6.62. The zero-order chi connectivity index (χ0) is 24.6. The molecule has 0 bridgehead atoms. The number of ketones is 1. The molecule has 7 nitrogen and oxygen atoms in total. The Labute approximate surface area is 208 Å². The molecule has 4 aliphatic rings. The Bertz CT molecular complexity index is 1020. The molecule has 1 heterocycles. The van der Waals surface area contributed by atoms with Crippen LogP contribution in [-0.2, 0) is 20.8 Å². The van der Waals surface area contributed by atoms with E-state index < -0.39 is 0 Å². The molecule has 1 aromatic heterocycles. The number of aromatic amines is 1. The number of fused-ring (bicyclic) bond motifs is 5. The highest BCUT2D eigenvalue weighted by atomic mass is 16.6. The van der Waals surface area contributed by atoms with Crippen molar-refractivity contribution in [3.63, 3.8) is 0 Å². The first-order chi connectivity index (χ1) is 16.8. The Hall–Kier alpha value is -2.44. The molecular weight excluding hydrogens is 440 g/mol. The highest BCUT2D eigenvalue weighted by Crippen LogP contribution is 2.66. The number of nitrogens with zero attached hydrogens (tertiary/aromatic N) is 2. The molecular formula is C28H40N4O3. The van der Waals surface area contributed by atoms with E-state index in [1.807, 2.05) is 6.92 Å². The van der Waals surface area contributed by atoms with Gasteiger partial charge in [-0.05, 0) is 93.0 Å². The van der Waals surface area contributed by atoms with E-state index in [2.05, 4.69) is 40.4 Å². The van der Waals surface area contributed by atoms with Crippen LogP contribution in [-0.4, -0.2) is 40.5 Å². The van der Waals surface area contributed by atoms with Gasteiger partial charge < -0.3 is 15.1 Å². The van der Waals surface area contributed by atoms with Gasteiger partial charge in [-0.25, -0.2) is 4.98 Å². The average Bonchev–Trinajstić information content (AvgIpc) is 3.46. The topological polar surface area (TPSA) is 96.4 Å². The molecule has 3 saturated carbocycles. The molecule has 3 fully saturated rings. The number of amides is 1. The number of Topliss-reactive ketones (excluding diaryl/α,β-unsaturated/α-hetero) is 1. The first kappa shape index (κ1) is 24.3. The number of rotatable bonds is 7. The molecule has 0 aliphatic heterocycles. The summed E-state index contributed by atoms with van der Waals surface area (Å²) in [6, 6.07) is 0. The minimum atomic E-state index is -0.159. The molecule has 0 saturated heterocycles. The van der Waals surface area contributed by atoms with Crippen molar-refractivity contribution >= 4 is 17.4 Å². The molecule has 0 unspecified atom stereocenters. The number of H-pyrrole nitrogens is 1. The highest BCUT2D eigenvalue weighted by molar-refractivity contribution is 5.96. The minimum Gasteiger partial charge on any atom is -0.385 e. The summed E-state index contributed by atoms with van der Waals surface area (Å²) >= 11 is 0. The molecule has 0 aromatic carbocycles. The van der Waals surface area contributed by atoms with E-state index in [-0.39, 0.29) is 29.3 Å². The fourth-order valence-corrected chi connectivity index (χ4v) is 8.29. The number of imidazole rings is 1. The van der Waals surface area contributed by atoms with Crippen molar-refractivity contribution < 1.29 is 14.4 Å². The van der Waals surface area contributed by atoms with Crippen LogP contribution >= 0.6 is 0 Å². The third kappa shape index (κ3) is 4.47. The predicted octanol–water partition coefficient (Wildman–Crippen LogP) is 4.61. The fourth-order valence-electron chi connectivity index (χ4n) is 8.29. The van der Waals surface area contributed by atoms with Gasteiger partial charge in [0, 0.05) is 30.8 Å². The Balaban J connectivity index is 1.18. The zero-order valence-electron chi connectivity index (χ0n) is 21.4. The van der Waals surface area contributed by atoms with Crippen LogP contribution < -0.4 is 5.32 Å². The van der Waals surface area contributed by atoms with Crippen molar-refractivity contribution in [2.75, 3.05) is 13.2 Å². The third-order valence-corrected chi connectivity index (χ3v) is 10.1. The van der Waals surface area contributed by atoms with Crippen LogP contribution in [0.15, 0.2) is 29.3 Å². The van der Waals surface area contributed by atoms with E-state index in [4.69, 9.17) is 4.84 Å². The maximum Gasteiger partial charge on any atom is 0.260 e. The summed E-state index contributed by atoms with van der Waals surface area (Å²) < 4.78 is 0. The van der Waals surface area contributed by atoms with Crippen molar-refractivity contribution in [3.8, 4) is 0 Å². The van der Waals surface area contributed by atoms with Crippen LogP contribution in [0.1, 0.15) is 77.8 Å². The maximum atomic E-state index is 12.4. The lowest BCUT2D eigenvalue weighted by Gasteiger charge is -2.58. The third-order valence-electron chi connectivity index (χ3n) is 10.1. The number of hydrogen-bond acceptors (Lipinski definition) is 5. The molecule has 4 aliphatic carbocycles. The Morgan fingerprint density at radius 1 is 1.17 bits per heavy atom. The van der Waals surface area contributed by atoms with Crippen LogP contribution in [0.5, 0.6) is 0 Å². The quantitative estimate of drug-likeness (QED) is 0.557. The minimum absolute atomic E-state index is 0.0603. The zero-order valence-corrected chi connectivity index (χ0v) is 21.4. The van der Waals surface area contributed by atoms with E-state index in [1.54, 1.807) is 12.5 Å². The molecule has 1 aromatic rings. The van der Waals surface area contributed by atoms with E-state index in [0.717, 1.165) is 43.0 Å². The van der Waals surface area contributed by atoms with E-state index in [1.165, 1.54) is 31.3 Å². The summed E-state index contributed by atoms with van der Waals surface area (Å²) in [5, 5.41) is 7.18. The number of carbonyl (C=O) groups is 2. The SMILES string of the molecule is CC(=O)[C@@H]1CC[C@@H]2[C@H]3CCC4=CC(=NOCC(=O)NCCc5cnc[nH]5)CC[C@]4(C)[C@H]3CC[C@@]21C. The van der Waals surface area contributed by atoms with Gasteiger partial charge in [0.05, 0.1) is 12.0 Å². The first-order valence-electron chi connectivity index (χ1n) is 13.5. The summed E-state index contributed by atoms with van der Waals surface area (Å²) in [4.78, 5) is 36.8. The van der Waals surface area contributed by atoms with Crippen LogP contribution in [0.3, 0.4) is 0 Å². The molecule has 35 heavy (non-hydrogen) atoms. The summed E-state index contributed by atoms with van der Waals surface area (Å²) in [5.41, 5.74) is 3.90. The van der Waals surface area contributed by atoms with Gasteiger partial charge in [0.15, 0.2) is 6.61 Å². The van der Waals surface area contributed by atoms with Crippen LogP contribution in [0.4, 0.5) is 0 Å². The standard InChI is InChI=1S/C28H40N4O3/c1-18(33)23-6-7-24-22-5-4-19-14-20(8-11-27(19,2)25(22)9-12-28(23,24)3)32-35-16-26(34)30-13-10-21-15-29-17-31-21/h14-15,17,22-25H,4-13,16H2,1-3H3,(H,29,31)(H,30,34)/t22-,23+,24-,25+,27+,28-/m1/s1. The van der Waals surface area contributed by atoms with Gasteiger partial charge in [-0.1, -0.05) is 24.6 Å². The second-order valence-corrected chi connectivity index (χ2v) is 11.8. The molecule has 0 spiro atoms. The first-order valence-corrected chi connectivity index (χ1v) is 13.5. The molecule has 2 N–H and O–H groups in total. The monoisotopic (exact) mass is 480 g/mol. The van der Waals surface area contributed by atoms with Gasteiger partial charge in [0.2, 0.25) is 0 Å². The fraction of sp³-hybridized carbons (Fsp3) is 0.714. The highest BCUT2D eigenvalue weighted by Gasteiger charge is 2.59. The lowest BCUT2D eigenvalue weighted by atomic mass is 9.46. The van der Waals surface area contributed by atoms with Crippen LogP contribution in [0.25, 0.3) is 0 Å². The molecule has 5 rings (SSSR count). The van der Waals surface area contributed by atoms with Crippen LogP contribution in [0, 0.1) is 34.5 Å². The van der Waals surface area contributed by atoms with Crippen molar-refractivity contribution in [3.05, 3.63) is 29.9 Å². The van der Waals surface area contributed by atoms with Crippen molar-refractivity contribution in [1.82, 2.24) is 15.3 Å². The number of oxime groups is 1. The van der Waals surface area contributed by atoms with E-state index in [0.29, 0.717) is 30.6 Å². The van der Waals surface area contributed by atoms with Gasteiger partial charge in [-0.2, -0.15) is 0 Å². The largest absolute Gasteiger partial charge is 0.385 e. The van der Waals surface area contributed by atoms with Gasteiger partial charge in [-0.3, -0.25) is 9.59 Å². The summed E-state index contributed by atoms with van der Waals surface area (Å²) in [6.07, 6.45) is 15.4. The summed E-state index contributed by atoms with van der Waals surface area (Å²) in [6.45, 7) is 7.17. The number of aromatic nitrogens is 2. The van der Waals surface area contributed by atoms with Gasteiger partial charge >= 0.3 is 0 Å². The second-order valence-electron chi connectivity index (χ2n) is 11.8.